The quantitative estimate of drug-likeness (QED) is 0.699. The molecule has 3 rings (SSSR count). The largest absolute Gasteiger partial charge is 0.325 e. The average Bonchev–Trinajstić information content (AvgIpc) is 3.13. The lowest BCUT2D eigenvalue weighted by molar-refractivity contribution is -0.133. The number of benzene rings is 2. The summed E-state index contributed by atoms with van der Waals surface area (Å²) in [6, 6.07) is 19.0. The van der Waals surface area contributed by atoms with Crippen molar-refractivity contribution in [2.75, 3.05) is 12.3 Å². The Morgan fingerprint density at radius 1 is 1.08 bits per heavy atom. The molecule has 25 heavy (non-hydrogen) atoms. The molecule has 0 unspecified atom stereocenters. The molecule has 132 valence electrons. The lowest BCUT2D eigenvalue weighted by Crippen LogP contribution is -2.34. The molecule has 1 amide bonds. The second-order valence-electron chi connectivity index (χ2n) is 6.95. The fraction of sp³-hybridized carbons (Fsp3) is 0.409. The number of thioether (sulfide) groups is 1. The summed E-state index contributed by atoms with van der Waals surface area (Å²) in [4.78, 5) is 15.3. The van der Waals surface area contributed by atoms with E-state index in [1.165, 1.54) is 11.1 Å². The monoisotopic (exact) mass is 353 g/mol. The molecule has 0 N–H and O–H groups in total. The van der Waals surface area contributed by atoms with Gasteiger partial charge in [-0.15, -0.1) is 11.8 Å². The SMILES string of the molecule is CC[C@@H](C(=O)N1CCS[C@H]1c1ccc(C(C)C)cc1)c1ccccc1. The maximum absolute atomic E-state index is 13.2. The van der Waals surface area contributed by atoms with Gasteiger partial charge in [-0.05, 0) is 29.0 Å². The molecule has 1 heterocycles. The minimum atomic E-state index is -0.0441. The third-order valence-electron chi connectivity index (χ3n) is 4.97. The maximum atomic E-state index is 13.2. The fourth-order valence-electron chi connectivity index (χ4n) is 3.46. The Kier molecular flexibility index (Phi) is 5.85. The van der Waals surface area contributed by atoms with E-state index >= 15 is 0 Å². The van der Waals surface area contributed by atoms with Crippen LogP contribution in [0.4, 0.5) is 0 Å². The van der Waals surface area contributed by atoms with Crippen LogP contribution in [0.1, 0.15) is 61.1 Å². The van der Waals surface area contributed by atoms with Crippen molar-refractivity contribution in [1.82, 2.24) is 4.90 Å². The Morgan fingerprint density at radius 2 is 1.76 bits per heavy atom. The predicted octanol–water partition coefficient (Wildman–Crippen LogP) is 5.58. The van der Waals surface area contributed by atoms with Crippen LogP contribution in [0.2, 0.25) is 0 Å². The van der Waals surface area contributed by atoms with Crippen LogP contribution in [-0.2, 0) is 4.79 Å². The molecule has 2 nitrogen and oxygen atoms in total. The molecule has 1 fully saturated rings. The van der Waals surface area contributed by atoms with Gasteiger partial charge in [0.05, 0.1) is 5.92 Å². The van der Waals surface area contributed by atoms with E-state index in [1.54, 1.807) is 0 Å². The summed E-state index contributed by atoms with van der Waals surface area (Å²) in [5, 5.41) is 0.145. The molecule has 1 aliphatic heterocycles. The molecule has 2 aromatic rings. The summed E-state index contributed by atoms with van der Waals surface area (Å²) in [7, 11) is 0. The Balaban J connectivity index is 1.81. The zero-order valence-electron chi connectivity index (χ0n) is 15.3. The van der Waals surface area contributed by atoms with Gasteiger partial charge < -0.3 is 4.90 Å². The van der Waals surface area contributed by atoms with Crippen molar-refractivity contribution < 1.29 is 4.79 Å². The molecule has 1 saturated heterocycles. The molecular formula is C22H27NOS. The van der Waals surface area contributed by atoms with Crippen molar-refractivity contribution in [3.63, 3.8) is 0 Å². The summed E-state index contributed by atoms with van der Waals surface area (Å²) in [6.07, 6.45) is 0.836. The first-order chi connectivity index (χ1) is 12.1. The predicted molar refractivity (Wildman–Crippen MR) is 107 cm³/mol. The molecule has 0 bridgehead atoms. The lowest BCUT2D eigenvalue weighted by Gasteiger charge is -2.28. The summed E-state index contributed by atoms with van der Waals surface area (Å²) >= 11 is 1.87. The Bertz CT molecular complexity index is 696. The van der Waals surface area contributed by atoms with E-state index in [9.17, 15) is 4.79 Å². The van der Waals surface area contributed by atoms with Crippen LogP contribution in [0, 0.1) is 0 Å². The van der Waals surface area contributed by atoms with Crippen molar-refractivity contribution in [1.29, 1.82) is 0 Å². The van der Waals surface area contributed by atoms with Crippen molar-refractivity contribution >= 4 is 17.7 Å². The first-order valence-electron chi connectivity index (χ1n) is 9.18. The number of carbonyl (C=O) groups is 1. The molecule has 0 radical (unpaired) electrons. The summed E-state index contributed by atoms with van der Waals surface area (Å²) in [6.45, 7) is 7.36. The van der Waals surface area contributed by atoms with Gasteiger partial charge in [-0.1, -0.05) is 75.4 Å². The highest BCUT2D eigenvalue weighted by Crippen LogP contribution is 2.40. The molecule has 0 spiro atoms. The van der Waals surface area contributed by atoms with Crippen molar-refractivity contribution in [2.24, 2.45) is 0 Å². The van der Waals surface area contributed by atoms with Gasteiger partial charge >= 0.3 is 0 Å². The van der Waals surface area contributed by atoms with Crippen LogP contribution >= 0.6 is 11.8 Å². The summed E-state index contributed by atoms with van der Waals surface area (Å²) < 4.78 is 0. The minimum Gasteiger partial charge on any atom is -0.325 e. The average molecular weight is 354 g/mol. The highest BCUT2D eigenvalue weighted by atomic mass is 32.2. The van der Waals surface area contributed by atoms with Crippen LogP contribution in [-0.4, -0.2) is 23.1 Å². The normalized spacial score (nSPS) is 18.6. The summed E-state index contributed by atoms with van der Waals surface area (Å²) in [5.74, 6) is 1.76. The number of amides is 1. The molecule has 2 aromatic carbocycles. The van der Waals surface area contributed by atoms with Gasteiger partial charge in [-0.2, -0.15) is 0 Å². The van der Waals surface area contributed by atoms with Crippen LogP contribution in [0.15, 0.2) is 54.6 Å². The van der Waals surface area contributed by atoms with Crippen LogP contribution in [0.3, 0.4) is 0 Å². The van der Waals surface area contributed by atoms with E-state index in [1.807, 2.05) is 30.0 Å². The Morgan fingerprint density at radius 3 is 2.36 bits per heavy atom. The van der Waals surface area contributed by atoms with Crippen LogP contribution < -0.4 is 0 Å². The summed E-state index contributed by atoms with van der Waals surface area (Å²) in [5.41, 5.74) is 3.71. The molecular weight excluding hydrogens is 326 g/mol. The van der Waals surface area contributed by atoms with E-state index in [0.717, 1.165) is 24.3 Å². The number of rotatable bonds is 5. The third kappa shape index (κ3) is 3.92. The fourth-order valence-corrected chi connectivity index (χ4v) is 4.72. The van der Waals surface area contributed by atoms with E-state index < -0.39 is 0 Å². The second kappa shape index (κ2) is 8.09. The Labute approximate surface area is 155 Å². The molecule has 0 saturated carbocycles. The van der Waals surface area contributed by atoms with E-state index in [0.29, 0.717) is 5.92 Å². The van der Waals surface area contributed by atoms with E-state index in [4.69, 9.17) is 0 Å². The smallest absolute Gasteiger partial charge is 0.231 e. The maximum Gasteiger partial charge on any atom is 0.231 e. The van der Waals surface area contributed by atoms with E-state index in [-0.39, 0.29) is 17.2 Å². The number of nitrogens with zero attached hydrogens (tertiary/aromatic N) is 1. The standard InChI is InChI=1S/C22H27NOS/c1-4-20(18-8-6-5-7-9-18)21(24)23-14-15-25-22(23)19-12-10-17(11-13-19)16(2)3/h5-13,16,20,22H,4,14-15H2,1-3H3/t20-,22+/m1/s1. The highest BCUT2D eigenvalue weighted by molar-refractivity contribution is 7.99. The lowest BCUT2D eigenvalue weighted by atomic mass is 9.94. The van der Waals surface area contributed by atoms with E-state index in [2.05, 4.69) is 62.1 Å². The van der Waals surface area contributed by atoms with Gasteiger partial charge in [0.25, 0.3) is 0 Å². The minimum absolute atomic E-state index is 0.0441. The van der Waals surface area contributed by atoms with Gasteiger partial charge in [0.15, 0.2) is 0 Å². The van der Waals surface area contributed by atoms with Gasteiger partial charge in [0.2, 0.25) is 5.91 Å². The molecule has 3 heteroatoms. The van der Waals surface area contributed by atoms with Crippen LogP contribution in [0.5, 0.6) is 0 Å². The zero-order chi connectivity index (χ0) is 17.8. The third-order valence-corrected chi connectivity index (χ3v) is 6.23. The topological polar surface area (TPSA) is 20.3 Å². The molecule has 1 aliphatic rings. The molecule has 0 aromatic heterocycles. The van der Waals surface area contributed by atoms with Gasteiger partial charge in [0.1, 0.15) is 5.37 Å². The van der Waals surface area contributed by atoms with Crippen molar-refractivity contribution in [3.8, 4) is 0 Å². The zero-order valence-corrected chi connectivity index (χ0v) is 16.1. The van der Waals surface area contributed by atoms with Gasteiger partial charge in [0, 0.05) is 12.3 Å². The molecule has 0 aliphatic carbocycles. The second-order valence-corrected chi connectivity index (χ2v) is 8.14. The molecule has 2 atom stereocenters. The number of hydrogen-bond donors (Lipinski definition) is 0. The first kappa shape index (κ1) is 18.1. The highest BCUT2D eigenvalue weighted by Gasteiger charge is 2.34. The number of carbonyl (C=O) groups excluding carboxylic acids is 1. The van der Waals surface area contributed by atoms with Crippen molar-refractivity contribution in [2.45, 2.75) is 44.4 Å². The van der Waals surface area contributed by atoms with Crippen LogP contribution in [0.25, 0.3) is 0 Å². The first-order valence-corrected chi connectivity index (χ1v) is 10.2. The van der Waals surface area contributed by atoms with Gasteiger partial charge in [-0.25, -0.2) is 0 Å². The Hall–Kier alpha value is -1.74. The number of hydrogen-bond acceptors (Lipinski definition) is 2. The van der Waals surface area contributed by atoms with Crippen molar-refractivity contribution in [3.05, 3.63) is 71.3 Å². The van der Waals surface area contributed by atoms with Gasteiger partial charge in [-0.3, -0.25) is 4.79 Å².